The molecule has 1 aromatic heterocycles. The number of carbonyl (C=O) groups excluding carboxylic acids is 1. The molecule has 1 amide bonds. The van der Waals surface area contributed by atoms with Gasteiger partial charge in [0.05, 0.1) is 7.11 Å². The highest BCUT2D eigenvalue weighted by atomic mass is 16.5. The zero-order chi connectivity index (χ0) is 13.0. The zero-order valence-corrected chi connectivity index (χ0v) is 10.4. The third-order valence-electron chi connectivity index (χ3n) is 3.07. The molecule has 0 radical (unpaired) electrons. The van der Waals surface area contributed by atoms with E-state index in [0.717, 1.165) is 31.7 Å². The van der Waals surface area contributed by atoms with E-state index in [0.29, 0.717) is 5.88 Å². The first-order valence-electron chi connectivity index (χ1n) is 5.96. The van der Waals surface area contributed by atoms with Crippen molar-refractivity contribution < 1.29 is 9.53 Å². The minimum Gasteiger partial charge on any atom is -0.481 e. The SMILES string of the molecule is COc1ccc(C(C(N)=O)N2CCNCC2)cn1. The molecule has 6 nitrogen and oxygen atoms in total. The van der Waals surface area contributed by atoms with Crippen LogP contribution in [-0.2, 0) is 4.79 Å². The summed E-state index contributed by atoms with van der Waals surface area (Å²) in [4.78, 5) is 17.8. The first-order chi connectivity index (χ1) is 8.72. The summed E-state index contributed by atoms with van der Waals surface area (Å²) in [5.74, 6) is 0.186. The lowest BCUT2D eigenvalue weighted by Crippen LogP contribution is -2.48. The molecule has 3 N–H and O–H groups in total. The van der Waals surface area contributed by atoms with Crippen LogP contribution in [0.25, 0.3) is 0 Å². The Morgan fingerprint density at radius 1 is 1.50 bits per heavy atom. The number of hydrogen-bond donors (Lipinski definition) is 2. The van der Waals surface area contributed by atoms with Gasteiger partial charge in [0.15, 0.2) is 0 Å². The minimum absolute atomic E-state index is 0.344. The molecule has 1 aliphatic rings. The smallest absolute Gasteiger partial charge is 0.239 e. The van der Waals surface area contributed by atoms with Crippen LogP contribution in [0.5, 0.6) is 5.88 Å². The molecular weight excluding hydrogens is 232 g/mol. The summed E-state index contributed by atoms with van der Waals surface area (Å²) in [5, 5.41) is 3.25. The summed E-state index contributed by atoms with van der Waals surface area (Å²) in [6, 6.07) is 3.17. The molecule has 1 atom stereocenters. The largest absolute Gasteiger partial charge is 0.481 e. The van der Waals surface area contributed by atoms with Gasteiger partial charge in [0.2, 0.25) is 11.8 Å². The van der Waals surface area contributed by atoms with Crippen molar-refractivity contribution in [2.75, 3.05) is 33.3 Å². The number of amides is 1. The second kappa shape index (κ2) is 5.79. The van der Waals surface area contributed by atoms with Crippen molar-refractivity contribution in [2.45, 2.75) is 6.04 Å². The third kappa shape index (κ3) is 2.77. The van der Waals surface area contributed by atoms with Crippen LogP contribution in [0, 0.1) is 0 Å². The molecule has 0 aromatic carbocycles. The molecular formula is C12H18N4O2. The Morgan fingerprint density at radius 2 is 2.22 bits per heavy atom. The number of aromatic nitrogens is 1. The van der Waals surface area contributed by atoms with Crippen LogP contribution in [0.1, 0.15) is 11.6 Å². The maximum atomic E-state index is 11.7. The number of methoxy groups -OCH3 is 1. The van der Waals surface area contributed by atoms with E-state index in [1.807, 2.05) is 6.07 Å². The monoisotopic (exact) mass is 250 g/mol. The quantitative estimate of drug-likeness (QED) is 0.754. The van der Waals surface area contributed by atoms with E-state index in [1.54, 1.807) is 19.4 Å². The number of piperazine rings is 1. The Kier molecular flexibility index (Phi) is 4.11. The van der Waals surface area contributed by atoms with Gasteiger partial charge in [0.1, 0.15) is 6.04 Å². The Morgan fingerprint density at radius 3 is 2.72 bits per heavy atom. The van der Waals surface area contributed by atoms with Crippen LogP contribution >= 0.6 is 0 Å². The molecule has 0 saturated carbocycles. The number of ether oxygens (including phenoxy) is 1. The Labute approximate surface area is 106 Å². The van der Waals surface area contributed by atoms with Crippen molar-refractivity contribution in [3.63, 3.8) is 0 Å². The summed E-state index contributed by atoms with van der Waals surface area (Å²) in [6.45, 7) is 3.35. The number of rotatable bonds is 4. The van der Waals surface area contributed by atoms with Crippen LogP contribution in [0.3, 0.4) is 0 Å². The molecule has 1 aromatic rings. The fraction of sp³-hybridized carbons (Fsp3) is 0.500. The van der Waals surface area contributed by atoms with E-state index in [9.17, 15) is 4.79 Å². The van der Waals surface area contributed by atoms with Gasteiger partial charge < -0.3 is 15.8 Å². The highest BCUT2D eigenvalue weighted by Gasteiger charge is 2.27. The maximum Gasteiger partial charge on any atom is 0.239 e. The van der Waals surface area contributed by atoms with Gasteiger partial charge in [0, 0.05) is 38.4 Å². The van der Waals surface area contributed by atoms with Crippen molar-refractivity contribution in [2.24, 2.45) is 5.73 Å². The summed E-state index contributed by atoms with van der Waals surface area (Å²) < 4.78 is 5.00. The number of nitrogens with zero attached hydrogens (tertiary/aromatic N) is 2. The average Bonchev–Trinajstić information content (AvgIpc) is 2.40. The molecule has 0 spiro atoms. The number of hydrogen-bond acceptors (Lipinski definition) is 5. The first kappa shape index (κ1) is 12.8. The second-order valence-electron chi connectivity index (χ2n) is 4.22. The lowest BCUT2D eigenvalue weighted by Gasteiger charge is -2.33. The van der Waals surface area contributed by atoms with Gasteiger partial charge >= 0.3 is 0 Å². The normalized spacial score (nSPS) is 18.3. The molecule has 0 aliphatic carbocycles. The lowest BCUT2D eigenvalue weighted by molar-refractivity contribution is -0.123. The molecule has 1 aliphatic heterocycles. The minimum atomic E-state index is -0.412. The van der Waals surface area contributed by atoms with Crippen LogP contribution in [0.15, 0.2) is 18.3 Å². The summed E-state index contributed by atoms with van der Waals surface area (Å²) in [7, 11) is 1.56. The van der Waals surface area contributed by atoms with E-state index in [-0.39, 0.29) is 5.91 Å². The number of primary amides is 1. The van der Waals surface area contributed by atoms with Gasteiger partial charge in [0.25, 0.3) is 0 Å². The van der Waals surface area contributed by atoms with Crippen LogP contribution in [-0.4, -0.2) is 49.1 Å². The van der Waals surface area contributed by atoms with Crippen molar-refractivity contribution in [3.05, 3.63) is 23.9 Å². The standard InChI is InChI=1S/C12H18N4O2/c1-18-10-3-2-9(8-15-10)11(12(13)17)16-6-4-14-5-7-16/h2-3,8,11,14H,4-7H2,1H3,(H2,13,17). The van der Waals surface area contributed by atoms with Gasteiger partial charge in [-0.05, 0) is 5.56 Å². The molecule has 1 fully saturated rings. The molecule has 0 bridgehead atoms. The summed E-state index contributed by atoms with van der Waals surface area (Å²) in [5.41, 5.74) is 6.32. The topological polar surface area (TPSA) is 80.5 Å². The van der Waals surface area contributed by atoms with E-state index < -0.39 is 6.04 Å². The molecule has 1 saturated heterocycles. The number of nitrogens with two attached hydrogens (primary N) is 1. The molecule has 2 rings (SSSR count). The average molecular weight is 250 g/mol. The van der Waals surface area contributed by atoms with E-state index in [2.05, 4.69) is 15.2 Å². The van der Waals surface area contributed by atoms with E-state index in [1.165, 1.54) is 0 Å². The van der Waals surface area contributed by atoms with Crippen molar-refractivity contribution >= 4 is 5.91 Å². The van der Waals surface area contributed by atoms with E-state index in [4.69, 9.17) is 10.5 Å². The van der Waals surface area contributed by atoms with Crippen LogP contribution in [0.2, 0.25) is 0 Å². The van der Waals surface area contributed by atoms with Crippen molar-refractivity contribution in [3.8, 4) is 5.88 Å². The number of carbonyl (C=O) groups is 1. The van der Waals surface area contributed by atoms with Gasteiger partial charge in [-0.15, -0.1) is 0 Å². The lowest BCUT2D eigenvalue weighted by atomic mass is 10.1. The fourth-order valence-electron chi connectivity index (χ4n) is 2.17. The molecule has 2 heterocycles. The van der Waals surface area contributed by atoms with Crippen LogP contribution < -0.4 is 15.8 Å². The van der Waals surface area contributed by atoms with Crippen molar-refractivity contribution in [1.29, 1.82) is 0 Å². The molecule has 98 valence electrons. The highest BCUT2D eigenvalue weighted by molar-refractivity contribution is 5.81. The van der Waals surface area contributed by atoms with Crippen LogP contribution in [0.4, 0.5) is 0 Å². The highest BCUT2D eigenvalue weighted by Crippen LogP contribution is 2.21. The predicted octanol–water partition coefficient (Wildman–Crippen LogP) is -0.478. The van der Waals surface area contributed by atoms with Gasteiger partial charge in [-0.2, -0.15) is 0 Å². The summed E-state index contributed by atoms with van der Waals surface area (Å²) in [6.07, 6.45) is 1.65. The Bertz CT molecular complexity index is 401. The van der Waals surface area contributed by atoms with Gasteiger partial charge in [-0.3, -0.25) is 9.69 Å². The van der Waals surface area contributed by atoms with Crippen molar-refractivity contribution in [1.82, 2.24) is 15.2 Å². The van der Waals surface area contributed by atoms with Gasteiger partial charge in [-0.1, -0.05) is 6.07 Å². The number of pyridine rings is 1. The Hall–Kier alpha value is -1.66. The molecule has 18 heavy (non-hydrogen) atoms. The van der Waals surface area contributed by atoms with Gasteiger partial charge in [-0.25, -0.2) is 4.98 Å². The molecule has 1 unspecified atom stereocenters. The predicted molar refractivity (Wildman–Crippen MR) is 67.2 cm³/mol. The third-order valence-corrected chi connectivity index (χ3v) is 3.07. The second-order valence-corrected chi connectivity index (χ2v) is 4.22. The summed E-state index contributed by atoms with van der Waals surface area (Å²) >= 11 is 0. The number of nitrogens with one attached hydrogen (secondary N) is 1. The maximum absolute atomic E-state index is 11.7. The fourth-order valence-corrected chi connectivity index (χ4v) is 2.17. The van der Waals surface area contributed by atoms with E-state index >= 15 is 0 Å². The first-order valence-corrected chi connectivity index (χ1v) is 5.96. The molecule has 6 heteroatoms. The Balaban J connectivity index is 2.20. The zero-order valence-electron chi connectivity index (χ0n) is 10.4.